The van der Waals surface area contributed by atoms with Crippen molar-refractivity contribution in [2.24, 2.45) is 0 Å². The average molecular weight is 345 g/mol. The lowest BCUT2D eigenvalue weighted by Crippen LogP contribution is -2.44. The Bertz CT molecular complexity index is 645. The minimum Gasteiger partial charge on any atom is -0.343 e. The predicted molar refractivity (Wildman–Crippen MR) is 96.2 cm³/mol. The van der Waals surface area contributed by atoms with Gasteiger partial charge < -0.3 is 9.80 Å². The van der Waals surface area contributed by atoms with E-state index in [4.69, 9.17) is 0 Å². The molecular formula is C18H23N3O2S. The fourth-order valence-electron chi connectivity index (χ4n) is 3.95. The smallest absolute Gasteiger partial charge is 0.245 e. The van der Waals surface area contributed by atoms with Gasteiger partial charge in [0.1, 0.15) is 0 Å². The van der Waals surface area contributed by atoms with Crippen molar-refractivity contribution in [2.75, 3.05) is 36.2 Å². The molecule has 6 heteroatoms. The molecule has 3 aliphatic rings. The molecule has 0 aliphatic carbocycles. The zero-order valence-corrected chi connectivity index (χ0v) is 14.6. The van der Waals surface area contributed by atoms with Crippen molar-refractivity contribution in [2.45, 2.75) is 31.2 Å². The topological polar surface area (TPSA) is 52.7 Å². The van der Waals surface area contributed by atoms with E-state index in [1.807, 2.05) is 21.9 Å². The summed E-state index contributed by atoms with van der Waals surface area (Å²) in [5.74, 6) is 2.50. The SMILES string of the molecule is O=C1CCCN1CCC1CN(C(=O)C2CSCN2)c2ccccc21. The first-order valence-corrected chi connectivity index (χ1v) is 9.89. The molecule has 2 saturated heterocycles. The molecule has 0 spiro atoms. The van der Waals surface area contributed by atoms with E-state index in [-0.39, 0.29) is 17.9 Å². The number of nitrogens with zero attached hydrogens (tertiary/aromatic N) is 2. The predicted octanol–water partition coefficient (Wildman–Crippen LogP) is 1.79. The number of anilines is 1. The van der Waals surface area contributed by atoms with E-state index in [0.29, 0.717) is 12.3 Å². The van der Waals surface area contributed by atoms with Crippen molar-refractivity contribution in [3.63, 3.8) is 0 Å². The first-order chi connectivity index (χ1) is 11.7. The Morgan fingerprint density at radius 3 is 2.96 bits per heavy atom. The molecule has 3 heterocycles. The molecule has 2 unspecified atom stereocenters. The lowest BCUT2D eigenvalue weighted by atomic mass is 9.98. The number of thioether (sulfide) groups is 1. The molecule has 5 nitrogen and oxygen atoms in total. The van der Waals surface area contributed by atoms with Crippen LogP contribution in [0.3, 0.4) is 0 Å². The molecule has 1 N–H and O–H groups in total. The number of rotatable bonds is 4. The summed E-state index contributed by atoms with van der Waals surface area (Å²) in [6.07, 6.45) is 2.60. The monoisotopic (exact) mass is 345 g/mol. The van der Waals surface area contributed by atoms with Gasteiger partial charge in [0, 0.05) is 49.3 Å². The van der Waals surface area contributed by atoms with Crippen molar-refractivity contribution in [3.8, 4) is 0 Å². The number of benzene rings is 1. The third-order valence-corrected chi connectivity index (χ3v) is 6.21. The molecule has 128 valence electrons. The van der Waals surface area contributed by atoms with Crippen LogP contribution in [0.4, 0.5) is 5.69 Å². The van der Waals surface area contributed by atoms with E-state index >= 15 is 0 Å². The van der Waals surface area contributed by atoms with Crippen LogP contribution >= 0.6 is 11.8 Å². The number of nitrogens with one attached hydrogen (secondary N) is 1. The average Bonchev–Trinajstić information content (AvgIpc) is 3.33. The van der Waals surface area contributed by atoms with E-state index < -0.39 is 0 Å². The van der Waals surface area contributed by atoms with Crippen LogP contribution in [0.1, 0.15) is 30.7 Å². The Balaban J connectivity index is 1.48. The van der Waals surface area contributed by atoms with Crippen LogP contribution in [0.25, 0.3) is 0 Å². The number of hydrogen-bond donors (Lipinski definition) is 1. The van der Waals surface area contributed by atoms with Crippen LogP contribution in [-0.2, 0) is 9.59 Å². The van der Waals surface area contributed by atoms with Crippen LogP contribution in [0.2, 0.25) is 0 Å². The molecule has 2 amide bonds. The van der Waals surface area contributed by atoms with Gasteiger partial charge in [-0.3, -0.25) is 14.9 Å². The van der Waals surface area contributed by atoms with Crippen molar-refractivity contribution >= 4 is 29.3 Å². The van der Waals surface area contributed by atoms with Crippen LogP contribution in [0, 0.1) is 0 Å². The summed E-state index contributed by atoms with van der Waals surface area (Å²) in [4.78, 5) is 28.6. The van der Waals surface area contributed by atoms with E-state index in [1.54, 1.807) is 11.8 Å². The number of fused-ring (bicyclic) bond motifs is 1. The molecule has 3 aliphatic heterocycles. The zero-order valence-electron chi connectivity index (χ0n) is 13.7. The summed E-state index contributed by atoms with van der Waals surface area (Å²) in [5, 5.41) is 3.28. The molecular weight excluding hydrogens is 322 g/mol. The molecule has 4 rings (SSSR count). The van der Waals surface area contributed by atoms with Crippen molar-refractivity contribution < 1.29 is 9.59 Å². The molecule has 0 bridgehead atoms. The Labute approximate surface area is 146 Å². The Morgan fingerprint density at radius 2 is 2.21 bits per heavy atom. The summed E-state index contributed by atoms with van der Waals surface area (Å²) in [6, 6.07) is 8.17. The second-order valence-electron chi connectivity index (χ2n) is 6.75. The second-order valence-corrected chi connectivity index (χ2v) is 7.78. The molecule has 1 aromatic carbocycles. The van der Waals surface area contributed by atoms with Crippen LogP contribution in [-0.4, -0.2) is 54.0 Å². The largest absolute Gasteiger partial charge is 0.343 e. The maximum Gasteiger partial charge on any atom is 0.245 e. The minimum atomic E-state index is -0.0676. The normalized spacial score (nSPS) is 26.2. The number of carbonyl (C=O) groups excluding carboxylic acids is 2. The molecule has 0 aromatic heterocycles. The molecule has 2 atom stereocenters. The quantitative estimate of drug-likeness (QED) is 0.904. The highest BCUT2D eigenvalue weighted by molar-refractivity contribution is 7.99. The fraction of sp³-hybridized carbons (Fsp3) is 0.556. The Morgan fingerprint density at radius 1 is 1.33 bits per heavy atom. The van der Waals surface area contributed by atoms with Gasteiger partial charge >= 0.3 is 0 Å². The number of likely N-dealkylation sites (tertiary alicyclic amines) is 1. The Kier molecular flexibility index (Phi) is 4.50. The van der Waals surface area contributed by atoms with Gasteiger partial charge in [-0.25, -0.2) is 0 Å². The first-order valence-electron chi connectivity index (χ1n) is 8.73. The van der Waals surface area contributed by atoms with Crippen LogP contribution in [0.5, 0.6) is 0 Å². The van der Waals surface area contributed by atoms with Gasteiger partial charge in [-0.2, -0.15) is 0 Å². The second kappa shape index (κ2) is 6.76. The van der Waals surface area contributed by atoms with Gasteiger partial charge in [-0.05, 0) is 24.5 Å². The molecule has 1 aromatic rings. The fourth-order valence-corrected chi connectivity index (χ4v) is 4.88. The standard InChI is InChI=1S/C18H23N3O2S/c22-17-6-3-8-20(17)9-7-13-10-21(16-5-2-1-4-14(13)16)18(23)15-11-24-12-19-15/h1-2,4-5,13,15,19H,3,6-12H2. The lowest BCUT2D eigenvalue weighted by molar-refractivity contribution is -0.127. The van der Waals surface area contributed by atoms with E-state index in [9.17, 15) is 9.59 Å². The highest BCUT2D eigenvalue weighted by Gasteiger charge is 2.36. The summed E-state index contributed by atoms with van der Waals surface area (Å²) < 4.78 is 0. The molecule has 24 heavy (non-hydrogen) atoms. The number of carbonyl (C=O) groups is 2. The maximum absolute atomic E-state index is 12.9. The van der Waals surface area contributed by atoms with Crippen LogP contribution < -0.4 is 10.2 Å². The highest BCUT2D eigenvalue weighted by atomic mass is 32.2. The number of para-hydroxylation sites is 1. The lowest BCUT2D eigenvalue weighted by Gasteiger charge is -2.22. The highest BCUT2D eigenvalue weighted by Crippen LogP contribution is 2.38. The number of amides is 2. The van der Waals surface area contributed by atoms with Gasteiger partial charge in [-0.1, -0.05) is 18.2 Å². The van der Waals surface area contributed by atoms with Crippen molar-refractivity contribution in [1.29, 1.82) is 0 Å². The summed E-state index contributed by atoms with van der Waals surface area (Å²) >= 11 is 1.78. The molecule has 0 saturated carbocycles. The minimum absolute atomic E-state index is 0.0676. The third-order valence-electron chi connectivity index (χ3n) is 5.27. The van der Waals surface area contributed by atoms with Crippen LogP contribution in [0.15, 0.2) is 24.3 Å². The zero-order chi connectivity index (χ0) is 16.5. The third kappa shape index (κ3) is 2.93. The molecule has 0 radical (unpaired) electrons. The van der Waals surface area contributed by atoms with Gasteiger partial charge in [0.25, 0.3) is 0 Å². The van der Waals surface area contributed by atoms with E-state index in [0.717, 1.165) is 49.8 Å². The first kappa shape index (κ1) is 16.0. The van der Waals surface area contributed by atoms with Gasteiger partial charge in [0.2, 0.25) is 11.8 Å². The van der Waals surface area contributed by atoms with Gasteiger partial charge in [0.15, 0.2) is 0 Å². The summed E-state index contributed by atoms with van der Waals surface area (Å²) in [5.41, 5.74) is 2.31. The van der Waals surface area contributed by atoms with Gasteiger partial charge in [-0.15, -0.1) is 11.8 Å². The van der Waals surface area contributed by atoms with Crippen molar-refractivity contribution in [1.82, 2.24) is 10.2 Å². The molecule has 2 fully saturated rings. The van der Waals surface area contributed by atoms with E-state index in [2.05, 4.69) is 17.4 Å². The summed E-state index contributed by atoms with van der Waals surface area (Å²) in [7, 11) is 0. The maximum atomic E-state index is 12.9. The van der Waals surface area contributed by atoms with Crippen molar-refractivity contribution in [3.05, 3.63) is 29.8 Å². The van der Waals surface area contributed by atoms with E-state index in [1.165, 1.54) is 5.56 Å². The Hall–Kier alpha value is -1.53. The number of hydrogen-bond acceptors (Lipinski definition) is 4. The van der Waals surface area contributed by atoms with Gasteiger partial charge in [0.05, 0.1) is 6.04 Å². The summed E-state index contributed by atoms with van der Waals surface area (Å²) in [6.45, 7) is 2.43.